The lowest BCUT2D eigenvalue weighted by molar-refractivity contribution is -0.172. The van der Waals surface area contributed by atoms with Crippen LogP contribution >= 0.6 is 0 Å². The van der Waals surface area contributed by atoms with E-state index < -0.39 is 33.5 Å². The van der Waals surface area contributed by atoms with Crippen LogP contribution in [0.25, 0.3) is 0 Å². The highest BCUT2D eigenvalue weighted by Gasteiger charge is 2.64. The highest BCUT2D eigenvalue weighted by atomic mass is 32.2. The van der Waals surface area contributed by atoms with Gasteiger partial charge in [0, 0.05) is 0 Å². The molecular weight excluding hydrogens is 267 g/mol. The van der Waals surface area contributed by atoms with Crippen molar-refractivity contribution in [3.05, 3.63) is 35.4 Å². The highest BCUT2D eigenvalue weighted by Crippen LogP contribution is 2.44. The fourth-order valence-electron chi connectivity index (χ4n) is 1.87. The number of nitrogens with one attached hydrogen (secondary N) is 1. The smallest absolute Gasteiger partial charge is 0.327 e. The first-order valence-electron chi connectivity index (χ1n) is 5.11. The van der Waals surface area contributed by atoms with Crippen molar-refractivity contribution in [3.8, 4) is 0 Å². The molecule has 98 valence electrons. The van der Waals surface area contributed by atoms with E-state index in [2.05, 4.69) is 0 Å². The van der Waals surface area contributed by atoms with Crippen LogP contribution in [0.15, 0.2) is 24.3 Å². The van der Waals surface area contributed by atoms with Gasteiger partial charge in [-0.3, -0.25) is 9.00 Å². The largest absolute Gasteiger partial charge is 0.427 e. The molecule has 1 fully saturated rings. The van der Waals surface area contributed by atoms with Crippen LogP contribution in [0.1, 0.15) is 11.1 Å². The van der Waals surface area contributed by atoms with Crippen LogP contribution in [0, 0.1) is 6.92 Å². The molecule has 1 heterocycles. The standard InChI is InChI=1S/C11H10F3NO2S/c1-7-2-4-8(5-3-7)10(11(12,13)14)15-9(16)6-18(10)17/h2-5H,6H2,1H3,(H,15,16). The third kappa shape index (κ3) is 1.82. The Kier molecular flexibility index (Phi) is 2.96. The van der Waals surface area contributed by atoms with Crippen molar-refractivity contribution in [2.45, 2.75) is 18.0 Å². The van der Waals surface area contributed by atoms with Gasteiger partial charge in [-0.15, -0.1) is 0 Å². The van der Waals surface area contributed by atoms with Gasteiger partial charge >= 0.3 is 6.18 Å². The summed E-state index contributed by atoms with van der Waals surface area (Å²) in [6.45, 7) is 1.73. The van der Waals surface area contributed by atoms with E-state index in [1.807, 2.05) is 5.32 Å². The first-order valence-corrected chi connectivity index (χ1v) is 6.42. The average Bonchev–Trinajstić information content (AvgIpc) is 2.55. The van der Waals surface area contributed by atoms with Gasteiger partial charge in [-0.1, -0.05) is 29.8 Å². The molecule has 0 bridgehead atoms. The second-order valence-electron chi connectivity index (χ2n) is 4.08. The minimum Gasteiger partial charge on any atom is -0.327 e. The van der Waals surface area contributed by atoms with Crippen LogP contribution in [0.2, 0.25) is 0 Å². The molecule has 0 radical (unpaired) electrons. The van der Waals surface area contributed by atoms with Gasteiger partial charge in [0.25, 0.3) is 0 Å². The Bertz CT molecular complexity index is 512. The molecule has 2 atom stereocenters. The van der Waals surface area contributed by atoms with Crippen molar-refractivity contribution in [2.75, 3.05) is 5.75 Å². The molecule has 1 aromatic rings. The number of benzene rings is 1. The summed E-state index contributed by atoms with van der Waals surface area (Å²) in [7, 11) is -2.36. The van der Waals surface area contributed by atoms with Gasteiger partial charge in [0.05, 0.1) is 10.8 Å². The topological polar surface area (TPSA) is 46.2 Å². The Hall–Kier alpha value is -1.37. The minimum atomic E-state index is -4.81. The maximum Gasteiger partial charge on any atom is 0.427 e. The zero-order chi connectivity index (χ0) is 13.6. The quantitative estimate of drug-likeness (QED) is 0.847. The fourth-order valence-corrected chi connectivity index (χ4v) is 3.28. The zero-order valence-corrected chi connectivity index (χ0v) is 10.2. The van der Waals surface area contributed by atoms with Gasteiger partial charge in [-0.25, -0.2) is 0 Å². The van der Waals surface area contributed by atoms with Gasteiger partial charge < -0.3 is 5.32 Å². The third-order valence-corrected chi connectivity index (χ3v) is 4.55. The summed E-state index contributed by atoms with van der Waals surface area (Å²) in [5.74, 6) is -1.49. The van der Waals surface area contributed by atoms with Gasteiger partial charge in [-0.05, 0) is 12.5 Å². The maximum absolute atomic E-state index is 13.2. The zero-order valence-electron chi connectivity index (χ0n) is 9.38. The average molecular weight is 277 g/mol. The molecule has 1 aromatic carbocycles. The Morgan fingerprint density at radius 3 is 2.22 bits per heavy atom. The van der Waals surface area contributed by atoms with Crippen molar-refractivity contribution in [1.82, 2.24) is 5.32 Å². The first kappa shape index (κ1) is 13.1. The van der Waals surface area contributed by atoms with Crippen LogP contribution in [-0.4, -0.2) is 22.0 Å². The number of alkyl halides is 3. The monoisotopic (exact) mass is 277 g/mol. The molecule has 0 spiro atoms. The van der Waals surface area contributed by atoms with Gasteiger partial charge in [0.15, 0.2) is 0 Å². The van der Waals surface area contributed by atoms with Crippen molar-refractivity contribution < 1.29 is 22.2 Å². The minimum absolute atomic E-state index is 0.204. The van der Waals surface area contributed by atoms with Crippen molar-refractivity contribution >= 4 is 16.7 Å². The van der Waals surface area contributed by atoms with E-state index in [4.69, 9.17) is 0 Å². The normalized spacial score (nSPS) is 28.2. The molecule has 1 aliphatic rings. The summed E-state index contributed by atoms with van der Waals surface area (Å²) in [6.07, 6.45) is -4.81. The molecule has 1 amide bonds. The predicted molar refractivity (Wildman–Crippen MR) is 60.1 cm³/mol. The Balaban J connectivity index is 2.60. The van der Waals surface area contributed by atoms with E-state index >= 15 is 0 Å². The Morgan fingerprint density at radius 2 is 1.83 bits per heavy atom. The fraction of sp³-hybridized carbons (Fsp3) is 0.364. The van der Waals surface area contributed by atoms with Gasteiger partial charge in [0.1, 0.15) is 5.75 Å². The highest BCUT2D eigenvalue weighted by molar-refractivity contribution is 7.87. The summed E-state index contributed by atoms with van der Waals surface area (Å²) < 4.78 is 51.4. The summed E-state index contributed by atoms with van der Waals surface area (Å²) in [6, 6.07) is 5.47. The van der Waals surface area contributed by atoms with E-state index in [1.165, 1.54) is 24.3 Å². The number of hydrogen-bond donors (Lipinski definition) is 1. The summed E-state index contributed by atoms with van der Waals surface area (Å²) in [4.78, 5) is 8.37. The van der Waals surface area contributed by atoms with E-state index in [-0.39, 0.29) is 5.56 Å². The molecule has 7 heteroatoms. The Labute approximate surface area is 104 Å². The maximum atomic E-state index is 13.2. The number of hydrogen-bond acceptors (Lipinski definition) is 2. The van der Waals surface area contributed by atoms with E-state index in [0.717, 1.165) is 5.56 Å². The summed E-state index contributed by atoms with van der Waals surface area (Å²) >= 11 is 0. The molecule has 1 saturated heterocycles. The number of halogens is 3. The van der Waals surface area contributed by atoms with Crippen molar-refractivity contribution in [3.63, 3.8) is 0 Å². The SMILES string of the molecule is Cc1ccc(C2(C(F)(F)F)NC(=O)CS2=O)cc1. The lowest BCUT2D eigenvalue weighted by Gasteiger charge is -2.30. The molecule has 0 aliphatic carbocycles. The molecule has 2 rings (SSSR count). The van der Waals surface area contributed by atoms with E-state index in [9.17, 15) is 22.2 Å². The number of carbonyl (C=O) groups excluding carboxylic acids is 1. The van der Waals surface area contributed by atoms with E-state index in [0.29, 0.717) is 0 Å². The lowest BCUT2D eigenvalue weighted by atomic mass is 10.0. The summed E-state index contributed by atoms with van der Waals surface area (Å²) in [5, 5.41) is 1.83. The Morgan fingerprint density at radius 1 is 1.28 bits per heavy atom. The molecule has 1 N–H and O–H groups in total. The number of rotatable bonds is 1. The third-order valence-electron chi connectivity index (χ3n) is 2.78. The molecule has 1 aliphatic heterocycles. The first-order chi connectivity index (χ1) is 8.27. The molecule has 0 saturated carbocycles. The second kappa shape index (κ2) is 4.08. The lowest BCUT2D eigenvalue weighted by Crippen LogP contribution is -2.53. The van der Waals surface area contributed by atoms with Crippen LogP contribution in [-0.2, 0) is 20.5 Å². The van der Waals surface area contributed by atoms with Crippen molar-refractivity contribution in [2.24, 2.45) is 0 Å². The van der Waals surface area contributed by atoms with Crippen LogP contribution in [0.5, 0.6) is 0 Å². The second-order valence-corrected chi connectivity index (χ2v) is 5.68. The van der Waals surface area contributed by atoms with Crippen LogP contribution in [0.4, 0.5) is 13.2 Å². The van der Waals surface area contributed by atoms with E-state index in [1.54, 1.807) is 6.92 Å². The predicted octanol–water partition coefficient (Wildman–Crippen LogP) is 1.59. The van der Waals surface area contributed by atoms with Crippen LogP contribution < -0.4 is 5.32 Å². The molecular formula is C11H10F3NO2S. The number of amides is 1. The van der Waals surface area contributed by atoms with Gasteiger partial charge in [-0.2, -0.15) is 13.2 Å². The van der Waals surface area contributed by atoms with Gasteiger partial charge in [0.2, 0.25) is 10.8 Å². The van der Waals surface area contributed by atoms with Crippen LogP contribution in [0.3, 0.4) is 0 Å². The summed E-state index contributed by atoms with van der Waals surface area (Å²) in [5.41, 5.74) is 0.580. The molecule has 3 nitrogen and oxygen atoms in total. The number of aryl methyl sites for hydroxylation is 1. The van der Waals surface area contributed by atoms with Crippen molar-refractivity contribution in [1.29, 1.82) is 0 Å². The molecule has 18 heavy (non-hydrogen) atoms. The number of carbonyl (C=O) groups is 1. The molecule has 0 aromatic heterocycles. The molecule has 2 unspecified atom stereocenters.